The summed E-state index contributed by atoms with van der Waals surface area (Å²) in [6, 6.07) is 0. The Bertz CT molecular complexity index is 315. The maximum absolute atomic E-state index is 11.5. The number of carbonyl (C=O) groups is 3. The van der Waals surface area contributed by atoms with Crippen LogP contribution in [0.1, 0.15) is 27.2 Å². The Morgan fingerprint density at radius 3 is 2.22 bits per heavy atom. The smallest absolute Gasteiger partial charge is 0.308 e. The second-order valence-corrected chi connectivity index (χ2v) is 4.84. The summed E-state index contributed by atoms with van der Waals surface area (Å²) in [6.07, 6.45) is 0.512. The molecule has 6 heteroatoms. The molecule has 2 amide bonds. The van der Waals surface area contributed by atoms with Gasteiger partial charge >= 0.3 is 5.97 Å². The highest BCUT2D eigenvalue weighted by atomic mass is 16.4. The molecule has 1 unspecified atom stereocenters. The third-order valence-electron chi connectivity index (χ3n) is 2.57. The van der Waals surface area contributed by atoms with Crippen LogP contribution >= 0.6 is 0 Å². The monoisotopic (exact) mass is 258 g/mol. The van der Waals surface area contributed by atoms with Crippen molar-refractivity contribution in [3.63, 3.8) is 0 Å². The summed E-state index contributed by atoms with van der Waals surface area (Å²) in [7, 11) is 1.52. The van der Waals surface area contributed by atoms with E-state index in [9.17, 15) is 14.4 Å². The Kier molecular flexibility index (Phi) is 7.00. The van der Waals surface area contributed by atoms with Crippen LogP contribution < -0.4 is 5.32 Å². The molecule has 2 N–H and O–H groups in total. The normalized spacial score (nSPS) is 12.1. The molecule has 0 aromatic rings. The van der Waals surface area contributed by atoms with Gasteiger partial charge in [0.2, 0.25) is 11.8 Å². The van der Waals surface area contributed by atoms with E-state index in [1.165, 1.54) is 18.9 Å². The fraction of sp³-hybridized carbons (Fsp3) is 0.750. The van der Waals surface area contributed by atoms with Gasteiger partial charge in [0.1, 0.15) is 0 Å². The van der Waals surface area contributed by atoms with Crippen LogP contribution in [0.3, 0.4) is 0 Å². The van der Waals surface area contributed by atoms with Crippen LogP contribution in [0.25, 0.3) is 0 Å². The Hall–Kier alpha value is -1.59. The van der Waals surface area contributed by atoms with Crippen LogP contribution in [0.2, 0.25) is 0 Å². The molecule has 0 saturated carbocycles. The third-order valence-corrected chi connectivity index (χ3v) is 2.57. The van der Waals surface area contributed by atoms with E-state index >= 15 is 0 Å². The average Bonchev–Trinajstić information content (AvgIpc) is 2.22. The SMILES string of the molecule is CC(=O)N(C)CC(=O)NCC(CC(C)C)C(=O)O. The van der Waals surface area contributed by atoms with E-state index in [4.69, 9.17) is 5.11 Å². The Balaban J connectivity index is 4.15. The first-order valence-electron chi connectivity index (χ1n) is 5.95. The Morgan fingerprint density at radius 2 is 1.83 bits per heavy atom. The van der Waals surface area contributed by atoms with Gasteiger partial charge < -0.3 is 15.3 Å². The van der Waals surface area contributed by atoms with Crippen LogP contribution in [0.15, 0.2) is 0 Å². The van der Waals surface area contributed by atoms with Gasteiger partial charge in [-0.15, -0.1) is 0 Å². The first-order chi connectivity index (χ1) is 8.23. The van der Waals surface area contributed by atoms with E-state index in [-0.39, 0.29) is 30.8 Å². The molecule has 104 valence electrons. The zero-order chi connectivity index (χ0) is 14.3. The third kappa shape index (κ3) is 6.88. The molecule has 0 aromatic carbocycles. The second-order valence-electron chi connectivity index (χ2n) is 4.84. The molecular formula is C12H22N2O4. The van der Waals surface area contributed by atoms with Crippen molar-refractivity contribution in [3.8, 4) is 0 Å². The van der Waals surface area contributed by atoms with Gasteiger partial charge in [0.25, 0.3) is 0 Å². The molecule has 0 rings (SSSR count). The molecule has 0 aromatic heterocycles. The number of carbonyl (C=O) groups excluding carboxylic acids is 2. The molecule has 18 heavy (non-hydrogen) atoms. The van der Waals surface area contributed by atoms with E-state index in [1.807, 2.05) is 13.8 Å². The average molecular weight is 258 g/mol. The number of hydrogen-bond donors (Lipinski definition) is 2. The summed E-state index contributed by atoms with van der Waals surface area (Å²) >= 11 is 0. The molecule has 0 radical (unpaired) electrons. The summed E-state index contributed by atoms with van der Waals surface area (Å²) in [6.45, 7) is 5.27. The van der Waals surface area contributed by atoms with Crippen molar-refractivity contribution in [2.75, 3.05) is 20.1 Å². The number of carboxylic acid groups (broad SMARTS) is 1. The molecular weight excluding hydrogens is 236 g/mol. The van der Waals surface area contributed by atoms with Crippen LogP contribution in [-0.4, -0.2) is 47.9 Å². The topological polar surface area (TPSA) is 86.7 Å². The summed E-state index contributed by atoms with van der Waals surface area (Å²) in [5, 5.41) is 11.5. The minimum absolute atomic E-state index is 0.0522. The zero-order valence-electron chi connectivity index (χ0n) is 11.4. The van der Waals surface area contributed by atoms with E-state index in [0.717, 1.165) is 0 Å². The van der Waals surface area contributed by atoms with Crippen LogP contribution in [0.5, 0.6) is 0 Å². The molecule has 0 heterocycles. The maximum atomic E-state index is 11.5. The lowest BCUT2D eigenvalue weighted by Gasteiger charge is -2.17. The predicted molar refractivity (Wildman–Crippen MR) is 66.9 cm³/mol. The minimum atomic E-state index is -0.913. The van der Waals surface area contributed by atoms with E-state index in [2.05, 4.69) is 5.32 Å². The summed E-state index contributed by atoms with van der Waals surface area (Å²) < 4.78 is 0. The largest absolute Gasteiger partial charge is 0.481 e. The summed E-state index contributed by atoms with van der Waals surface area (Å²) in [5.41, 5.74) is 0. The van der Waals surface area contributed by atoms with Crippen molar-refractivity contribution in [2.24, 2.45) is 11.8 Å². The number of likely N-dealkylation sites (N-methyl/N-ethyl adjacent to an activating group) is 1. The van der Waals surface area contributed by atoms with Crippen molar-refractivity contribution >= 4 is 17.8 Å². The zero-order valence-corrected chi connectivity index (χ0v) is 11.4. The molecule has 0 fully saturated rings. The maximum Gasteiger partial charge on any atom is 0.308 e. The number of nitrogens with one attached hydrogen (secondary N) is 1. The molecule has 6 nitrogen and oxygen atoms in total. The molecule has 0 aliphatic carbocycles. The van der Waals surface area contributed by atoms with Crippen LogP contribution in [-0.2, 0) is 14.4 Å². The van der Waals surface area contributed by atoms with Crippen LogP contribution in [0.4, 0.5) is 0 Å². The molecule has 0 aliphatic heterocycles. The quantitative estimate of drug-likeness (QED) is 0.689. The molecule has 0 spiro atoms. The highest BCUT2D eigenvalue weighted by molar-refractivity contribution is 5.83. The first kappa shape index (κ1) is 16.4. The number of hydrogen-bond acceptors (Lipinski definition) is 3. The lowest BCUT2D eigenvalue weighted by atomic mass is 9.97. The molecule has 0 saturated heterocycles. The number of carboxylic acids is 1. The Labute approximate surface area is 107 Å². The predicted octanol–water partition coefficient (Wildman–Crippen LogP) is 0.328. The number of rotatable bonds is 7. The standard InChI is InChI=1S/C12H22N2O4/c1-8(2)5-10(12(17)18)6-13-11(16)7-14(4)9(3)15/h8,10H,5-7H2,1-4H3,(H,13,16)(H,17,18). The van der Waals surface area contributed by atoms with Crippen molar-refractivity contribution in [2.45, 2.75) is 27.2 Å². The minimum Gasteiger partial charge on any atom is -0.481 e. The van der Waals surface area contributed by atoms with E-state index in [1.54, 1.807) is 0 Å². The van der Waals surface area contributed by atoms with Crippen LogP contribution in [0, 0.1) is 11.8 Å². The van der Waals surface area contributed by atoms with Gasteiger partial charge in [0.05, 0.1) is 12.5 Å². The van der Waals surface area contributed by atoms with Crippen molar-refractivity contribution in [1.82, 2.24) is 10.2 Å². The van der Waals surface area contributed by atoms with Crippen molar-refractivity contribution in [1.29, 1.82) is 0 Å². The number of nitrogens with zero attached hydrogens (tertiary/aromatic N) is 1. The van der Waals surface area contributed by atoms with Crippen molar-refractivity contribution < 1.29 is 19.5 Å². The van der Waals surface area contributed by atoms with Gasteiger partial charge in [-0.1, -0.05) is 13.8 Å². The van der Waals surface area contributed by atoms with Gasteiger partial charge in [-0.2, -0.15) is 0 Å². The van der Waals surface area contributed by atoms with Gasteiger partial charge in [-0.25, -0.2) is 0 Å². The first-order valence-corrected chi connectivity index (χ1v) is 5.95. The lowest BCUT2D eigenvalue weighted by Crippen LogP contribution is -2.40. The van der Waals surface area contributed by atoms with Gasteiger partial charge in [-0.05, 0) is 12.3 Å². The fourth-order valence-corrected chi connectivity index (χ4v) is 1.46. The summed E-state index contributed by atoms with van der Waals surface area (Å²) in [5.74, 6) is -1.80. The second kappa shape index (κ2) is 7.68. The molecule has 0 aliphatic rings. The van der Waals surface area contributed by atoms with E-state index < -0.39 is 11.9 Å². The number of amides is 2. The van der Waals surface area contributed by atoms with Crippen molar-refractivity contribution in [3.05, 3.63) is 0 Å². The van der Waals surface area contributed by atoms with Gasteiger partial charge in [0, 0.05) is 20.5 Å². The fourth-order valence-electron chi connectivity index (χ4n) is 1.46. The molecule has 0 bridgehead atoms. The Morgan fingerprint density at radius 1 is 1.28 bits per heavy atom. The highest BCUT2D eigenvalue weighted by Gasteiger charge is 2.20. The molecule has 1 atom stereocenters. The van der Waals surface area contributed by atoms with Gasteiger partial charge in [-0.3, -0.25) is 14.4 Å². The van der Waals surface area contributed by atoms with E-state index in [0.29, 0.717) is 6.42 Å². The lowest BCUT2D eigenvalue weighted by molar-refractivity contribution is -0.142. The van der Waals surface area contributed by atoms with Gasteiger partial charge in [0.15, 0.2) is 0 Å². The summed E-state index contributed by atoms with van der Waals surface area (Å²) in [4.78, 5) is 34.6. The highest BCUT2D eigenvalue weighted by Crippen LogP contribution is 2.10. The number of aliphatic carboxylic acids is 1.